The van der Waals surface area contributed by atoms with Crippen molar-refractivity contribution in [1.29, 1.82) is 0 Å². The Labute approximate surface area is 137 Å². The van der Waals surface area contributed by atoms with Gasteiger partial charge in [0.15, 0.2) is 0 Å². The molecule has 0 saturated carbocycles. The predicted molar refractivity (Wildman–Crippen MR) is 88.4 cm³/mol. The Bertz CT molecular complexity index is 643. The number of nitrogens with zero attached hydrogens (tertiary/aromatic N) is 1. The Kier molecular flexibility index (Phi) is 5.44. The van der Waals surface area contributed by atoms with Gasteiger partial charge in [0, 0.05) is 13.0 Å². The summed E-state index contributed by atoms with van der Waals surface area (Å²) >= 11 is 0. The highest BCUT2D eigenvalue weighted by Gasteiger charge is 2.38. The van der Waals surface area contributed by atoms with E-state index >= 15 is 0 Å². The van der Waals surface area contributed by atoms with Crippen LogP contribution in [0.2, 0.25) is 0 Å². The van der Waals surface area contributed by atoms with E-state index in [1.54, 1.807) is 4.90 Å². The molecular formula is C16H24N2O4S. The van der Waals surface area contributed by atoms with Crippen LogP contribution in [0.4, 0.5) is 0 Å². The van der Waals surface area contributed by atoms with Crippen molar-refractivity contribution < 1.29 is 17.9 Å². The minimum Gasteiger partial charge on any atom is -0.369 e. The molecule has 1 amide bonds. The third-order valence-corrected chi connectivity index (χ3v) is 4.62. The molecule has 1 aromatic rings. The number of carbonyl (C=O) groups is 1. The fraction of sp³-hybridized carbons (Fsp3) is 0.562. The summed E-state index contributed by atoms with van der Waals surface area (Å²) in [7, 11) is -3.28. The maximum Gasteiger partial charge on any atom is 0.224 e. The summed E-state index contributed by atoms with van der Waals surface area (Å²) in [5.41, 5.74) is 0.628. The van der Waals surface area contributed by atoms with Gasteiger partial charge in [0.2, 0.25) is 15.9 Å². The van der Waals surface area contributed by atoms with E-state index in [0.29, 0.717) is 13.2 Å². The molecule has 1 aromatic carbocycles. The first-order chi connectivity index (χ1) is 10.7. The molecule has 1 aliphatic rings. The minimum atomic E-state index is -3.28. The fourth-order valence-electron chi connectivity index (χ4n) is 2.64. The van der Waals surface area contributed by atoms with Crippen molar-refractivity contribution in [3.8, 4) is 0 Å². The third kappa shape index (κ3) is 5.02. The van der Waals surface area contributed by atoms with Gasteiger partial charge in [-0.15, -0.1) is 0 Å². The molecule has 1 atom stereocenters. The Morgan fingerprint density at radius 1 is 1.35 bits per heavy atom. The lowest BCUT2D eigenvalue weighted by molar-refractivity contribution is -0.154. The molecule has 0 bridgehead atoms. The normalized spacial score (nSPS) is 21.2. The predicted octanol–water partition coefficient (Wildman–Crippen LogP) is 1.30. The molecule has 1 N–H and O–H groups in total. The van der Waals surface area contributed by atoms with Gasteiger partial charge in [0.25, 0.3) is 0 Å². The second kappa shape index (κ2) is 6.98. The lowest BCUT2D eigenvalue weighted by Crippen LogP contribution is -2.56. The molecule has 2 rings (SSSR count). The van der Waals surface area contributed by atoms with Crippen LogP contribution >= 0.6 is 0 Å². The zero-order valence-electron chi connectivity index (χ0n) is 13.8. The zero-order valence-corrected chi connectivity index (χ0v) is 14.6. The number of hydrogen-bond donors (Lipinski definition) is 1. The highest BCUT2D eigenvalue weighted by molar-refractivity contribution is 7.88. The Morgan fingerprint density at radius 2 is 2.00 bits per heavy atom. The van der Waals surface area contributed by atoms with Crippen molar-refractivity contribution in [2.24, 2.45) is 0 Å². The summed E-state index contributed by atoms with van der Waals surface area (Å²) in [5.74, 6) is -0.0737. The maximum absolute atomic E-state index is 12.5. The van der Waals surface area contributed by atoms with Crippen LogP contribution in [0.25, 0.3) is 0 Å². The summed E-state index contributed by atoms with van der Waals surface area (Å²) in [6.45, 7) is 4.93. The van der Waals surface area contributed by atoms with Gasteiger partial charge in [-0.3, -0.25) is 4.79 Å². The van der Waals surface area contributed by atoms with Crippen molar-refractivity contribution in [1.82, 2.24) is 9.62 Å². The Morgan fingerprint density at radius 3 is 2.61 bits per heavy atom. The average molecular weight is 340 g/mol. The number of hydrogen-bond acceptors (Lipinski definition) is 4. The summed E-state index contributed by atoms with van der Waals surface area (Å²) in [6.07, 6.45) is 1.07. The van der Waals surface area contributed by atoms with E-state index in [4.69, 9.17) is 4.74 Å². The molecule has 1 aliphatic heterocycles. The van der Waals surface area contributed by atoms with E-state index in [2.05, 4.69) is 4.72 Å². The van der Waals surface area contributed by atoms with Crippen molar-refractivity contribution in [2.45, 2.75) is 31.9 Å². The summed E-state index contributed by atoms with van der Waals surface area (Å²) in [4.78, 5) is 14.3. The second-order valence-electron chi connectivity index (χ2n) is 6.44. The molecule has 7 heteroatoms. The van der Waals surface area contributed by atoms with Gasteiger partial charge >= 0.3 is 0 Å². The lowest BCUT2D eigenvalue weighted by atomic mass is 9.97. The number of nitrogens with one attached hydrogen (secondary N) is 1. The van der Waals surface area contributed by atoms with Gasteiger partial charge in [-0.1, -0.05) is 30.3 Å². The monoisotopic (exact) mass is 340 g/mol. The molecule has 0 aromatic heterocycles. The molecular weight excluding hydrogens is 316 g/mol. The third-order valence-electron chi connectivity index (χ3n) is 3.89. The van der Waals surface area contributed by atoms with Crippen LogP contribution in [-0.4, -0.2) is 50.7 Å². The molecule has 6 nitrogen and oxygen atoms in total. The molecule has 0 unspecified atom stereocenters. The number of carbonyl (C=O) groups excluding carboxylic acids is 1. The van der Waals surface area contributed by atoms with Crippen molar-refractivity contribution in [3.63, 3.8) is 0 Å². The standard InChI is InChI=1S/C16H24N2O4S/c1-16(2)12-22-14(13-7-5-4-6-8-13)11-18(16)15(19)9-10-17-23(3,20)21/h4-8,14,17H,9-12H2,1-3H3/t14-/m1/s1. The molecule has 0 aliphatic carbocycles. The number of ether oxygens (including phenoxy) is 1. The van der Waals surface area contributed by atoms with Crippen molar-refractivity contribution in [2.75, 3.05) is 26.0 Å². The smallest absolute Gasteiger partial charge is 0.224 e. The van der Waals surface area contributed by atoms with E-state index in [9.17, 15) is 13.2 Å². The largest absolute Gasteiger partial charge is 0.369 e. The van der Waals surface area contributed by atoms with Gasteiger partial charge in [-0.25, -0.2) is 13.1 Å². The zero-order chi connectivity index (χ0) is 17.1. The Balaban J connectivity index is 2.03. The van der Waals surface area contributed by atoms with Gasteiger partial charge in [-0.05, 0) is 19.4 Å². The highest BCUT2D eigenvalue weighted by atomic mass is 32.2. The highest BCUT2D eigenvalue weighted by Crippen LogP contribution is 2.30. The van der Waals surface area contributed by atoms with E-state index in [1.807, 2.05) is 44.2 Å². The molecule has 0 radical (unpaired) electrons. The number of morpholine rings is 1. The summed E-state index contributed by atoms with van der Waals surface area (Å²) in [6, 6.07) is 9.80. The van der Waals surface area contributed by atoms with Crippen molar-refractivity contribution in [3.05, 3.63) is 35.9 Å². The molecule has 0 spiro atoms. The van der Waals surface area contributed by atoms with Crippen LogP contribution in [0.15, 0.2) is 30.3 Å². The number of benzene rings is 1. The molecule has 23 heavy (non-hydrogen) atoms. The van der Waals surface area contributed by atoms with Gasteiger partial charge in [0.05, 0.1) is 24.9 Å². The SMILES string of the molecule is CC1(C)CO[C@@H](c2ccccc2)CN1C(=O)CCNS(C)(=O)=O. The topological polar surface area (TPSA) is 75.7 Å². The Hall–Kier alpha value is -1.44. The van der Waals surface area contributed by atoms with Crippen LogP contribution in [0.5, 0.6) is 0 Å². The first kappa shape index (κ1) is 17.9. The van der Waals surface area contributed by atoms with Gasteiger partial charge in [0.1, 0.15) is 6.10 Å². The van der Waals surface area contributed by atoms with Crippen LogP contribution in [-0.2, 0) is 19.6 Å². The van der Waals surface area contributed by atoms with E-state index < -0.39 is 15.6 Å². The number of rotatable bonds is 5. The first-order valence-corrected chi connectivity index (χ1v) is 9.50. The van der Waals surface area contributed by atoms with Gasteiger partial charge in [-0.2, -0.15) is 0 Å². The van der Waals surface area contributed by atoms with Crippen molar-refractivity contribution >= 4 is 15.9 Å². The number of amides is 1. The molecule has 1 fully saturated rings. The van der Waals surface area contributed by atoms with Crippen LogP contribution < -0.4 is 4.72 Å². The fourth-order valence-corrected chi connectivity index (χ4v) is 3.11. The van der Waals surface area contributed by atoms with Crippen LogP contribution in [0.1, 0.15) is 31.9 Å². The quantitative estimate of drug-likeness (QED) is 0.877. The summed E-state index contributed by atoms with van der Waals surface area (Å²) < 4.78 is 30.5. The summed E-state index contributed by atoms with van der Waals surface area (Å²) in [5, 5.41) is 0. The maximum atomic E-state index is 12.5. The number of sulfonamides is 1. The minimum absolute atomic E-state index is 0.0737. The molecule has 1 heterocycles. The lowest BCUT2D eigenvalue weighted by Gasteiger charge is -2.45. The van der Waals surface area contributed by atoms with E-state index in [-0.39, 0.29) is 25.0 Å². The molecule has 128 valence electrons. The van der Waals surface area contributed by atoms with E-state index in [0.717, 1.165) is 11.8 Å². The molecule has 1 saturated heterocycles. The van der Waals surface area contributed by atoms with Crippen LogP contribution in [0.3, 0.4) is 0 Å². The first-order valence-electron chi connectivity index (χ1n) is 7.61. The second-order valence-corrected chi connectivity index (χ2v) is 8.28. The average Bonchev–Trinajstić information content (AvgIpc) is 2.46. The van der Waals surface area contributed by atoms with E-state index in [1.165, 1.54) is 0 Å². The van der Waals surface area contributed by atoms with Crippen LogP contribution in [0, 0.1) is 0 Å². The van der Waals surface area contributed by atoms with Gasteiger partial charge < -0.3 is 9.64 Å².